The van der Waals surface area contributed by atoms with Crippen molar-refractivity contribution in [1.82, 2.24) is 0 Å². The zero-order chi connectivity index (χ0) is 13.9. The molecule has 0 spiro atoms. The zero-order valence-electron chi connectivity index (χ0n) is 9.87. The van der Waals surface area contributed by atoms with E-state index >= 15 is 0 Å². The van der Waals surface area contributed by atoms with E-state index in [1.807, 2.05) is 0 Å². The molecule has 18 heavy (non-hydrogen) atoms. The fourth-order valence-electron chi connectivity index (χ4n) is 1.62. The van der Waals surface area contributed by atoms with Crippen molar-refractivity contribution < 1.29 is 23.8 Å². The van der Waals surface area contributed by atoms with Crippen LogP contribution in [0.25, 0.3) is 0 Å². The van der Waals surface area contributed by atoms with Crippen molar-refractivity contribution >= 4 is 17.6 Å². The average molecular weight is 278 g/mol. The molecule has 0 aromatic heterocycles. The Bertz CT molecular complexity index is 467. The Labute approximate surface area is 108 Å². The van der Waals surface area contributed by atoms with Gasteiger partial charge < -0.3 is 20.3 Å². The lowest BCUT2D eigenvalue weighted by atomic mass is 9.98. The highest BCUT2D eigenvalue weighted by Crippen LogP contribution is 2.39. The van der Waals surface area contributed by atoms with Crippen molar-refractivity contribution in [1.29, 1.82) is 0 Å². The van der Waals surface area contributed by atoms with E-state index in [2.05, 4.69) is 0 Å². The molecule has 0 bridgehead atoms. The Hall–Kier alpha value is -1.53. The first-order valence-corrected chi connectivity index (χ1v) is 5.38. The molecule has 1 unspecified atom stereocenters. The number of methoxy groups -OCH3 is 2. The maximum Gasteiger partial charge on any atom is 0.312 e. The molecule has 0 radical (unpaired) electrons. The number of carboxylic acids is 1. The summed E-state index contributed by atoms with van der Waals surface area (Å²) in [5.41, 5.74) is 5.45. The number of hydrogen-bond acceptors (Lipinski definition) is 4. The molecule has 0 saturated carbocycles. The minimum Gasteiger partial charge on any atom is -0.493 e. The summed E-state index contributed by atoms with van der Waals surface area (Å²) in [5.74, 6) is -3.55. The number of hydrogen-bond donors (Lipinski definition) is 2. The van der Waals surface area contributed by atoms with Crippen LogP contribution in [0, 0.1) is 5.82 Å². The molecule has 5 nitrogen and oxygen atoms in total. The third kappa shape index (κ3) is 2.49. The van der Waals surface area contributed by atoms with Gasteiger partial charge in [0.1, 0.15) is 0 Å². The number of benzene rings is 1. The van der Waals surface area contributed by atoms with Crippen molar-refractivity contribution in [2.24, 2.45) is 5.73 Å². The SMILES string of the molecule is COc1c(Cl)cc(C(CN)C(=O)O)c(OC)c1F. The van der Waals surface area contributed by atoms with Crippen LogP contribution in [0.3, 0.4) is 0 Å². The molecule has 1 rings (SSSR count). The van der Waals surface area contributed by atoms with Gasteiger partial charge in [-0.2, -0.15) is 4.39 Å². The van der Waals surface area contributed by atoms with Gasteiger partial charge in [-0.15, -0.1) is 0 Å². The first kappa shape index (κ1) is 14.5. The summed E-state index contributed by atoms with van der Waals surface area (Å²) < 4.78 is 23.6. The van der Waals surface area contributed by atoms with Crippen molar-refractivity contribution in [2.45, 2.75) is 5.92 Å². The maximum absolute atomic E-state index is 14.0. The van der Waals surface area contributed by atoms with Gasteiger partial charge in [-0.3, -0.25) is 4.79 Å². The van der Waals surface area contributed by atoms with Crippen molar-refractivity contribution in [2.75, 3.05) is 20.8 Å². The summed E-state index contributed by atoms with van der Waals surface area (Å²) in [7, 11) is 2.48. The number of nitrogens with two attached hydrogens (primary N) is 1. The molecule has 0 fully saturated rings. The predicted octanol–water partition coefficient (Wildman–Crippen LogP) is 1.62. The van der Waals surface area contributed by atoms with Gasteiger partial charge in [0.25, 0.3) is 0 Å². The highest BCUT2D eigenvalue weighted by Gasteiger charge is 2.27. The van der Waals surface area contributed by atoms with Crippen LogP contribution in [0.1, 0.15) is 11.5 Å². The third-order valence-electron chi connectivity index (χ3n) is 2.48. The number of aliphatic carboxylic acids is 1. The van der Waals surface area contributed by atoms with Crippen molar-refractivity contribution in [3.05, 3.63) is 22.5 Å². The van der Waals surface area contributed by atoms with Crippen LogP contribution < -0.4 is 15.2 Å². The summed E-state index contributed by atoms with van der Waals surface area (Å²) in [6, 6.07) is 1.29. The van der Waals surface area contributed by atoms with Crippen LogP contribution >= 0.6 is 11.6 Å². The number of carboxylic acid groups (broad SMARTS) is 1. The fraction of sp³-hybridized carbons (Fsp3) is 0.364. The first-order chi connectivity index (χ1) is 8.47. The summed E-state index contributed by atoms with van der Waals surface area (Å²) in [4.78, 5) is 11.0. The van der Waals surface area contributed by atoms with Gasteiger partial charge in [0.05, 0.1) is 25.2 Å². The number of rotatable bonds is 5. The van der Waals surface area contributed by atoms with E-state index in [0.717, 1.165) is 0 Å². The monoisotopic (exact) mass is 277 g/mol. The van der Waals surface area contributed by atoms with Crippen LogP contribution in [0.2, 0.25) is 5.02 Å². The van der Waals surface area contributed by atoms with Crippen molar-refractivity contribution in [3.63, 3.8) is 0 Å². The van der Waals surface area contributed by atoms with Crippen LogP contribution in [-0.4, -0.2) is 31.8 Å². The van der Waals surface area contributed by atoms with Crippen LogP contribution in [0.15, 0.2) is 6.07 Å². The molecule has 1 atom stereocenters. The first-order valence-electron chi connectivity index (χ1n) is 5.00. The molecule has 100 valence electrons. The standard InChI is InChI=1S/C11H13ClFNO4/c1-17-9-5(6(4-14)11(15)16)3-7(12)10(18-2)8(9)13/h3,6H,4,14H2,1-2H3,(H,15,16). The molecule has 0 aliphatic heterocycles. The minimum absolute atomic E-state index is 0.0366. The van der Waals surface area contributed by atoms with E-state index in [1.165, 1.54) is 20.3 Å². The summed E-state index contributed by atoms with van der Waals surface area (Å²) in [6.07, 6.45) is 0. The molecule has 7 heteroatoms. The van der Waals surface area contributed by atoms with Gasteiger partial charge in [0.2, 0.25) is 5.82 Å². The van der Waals surface area contributed by atoms with Crippen molar-refractivity contribution in [3.8, 4) is 11.5 Å². The molecule has 3 N–H and O–H groups in total. The molecule has 0 aliphatic carbocycles. The van der Waals surface area contributed by atoms with Gasteiger partial charge in [-0.25, -0.2) is 0 Å². The highest BCUT2D eigenvalue weighted by molar-refractivity contribution is 6.32. The Morgan fingerprint density at radius 2 is 2.06 bits per heavy atom. The summed E-state index contributed by atoms with van der Waals surface area (Å²) in [6.45, 7) is -0.201. The normalized spacial score (nSPS) is 12.1. The second-order valence-corrected chi connectivity index (χ2v) is 3.86. The van der Waals surface area contributed by atoms with E-state index in [9.17, 15) is 9.18 Å². The molecule has 0 heterocycles. The highest BCUT2D eigenvalue weighted by atomic mass is 35.5. The molecule has 0 saturated heterocycles. The third-order valence-corrected chi connectivity index (χ3v) is 2.76. The lowest BCUT2D eigenvalue weighted by Gasteiger charge is -2.17. The van der Waals surface area contributed by atoms with Gasteiger partial charge in [-0.1, -0.05) is 11.6 Å². The largest absolute Gasteiger partial charge is 0.493 e. The second kappa shape index (κ2) is 5.88. The lowest BCUT2D eigenvalue weighted by Crippen LogP contribution is -2.22. The van der Waals surface area contributed by atoms with Gasteiger partial charge in [0.15, 0.2) is 11.5 Å². The summed E-state index contributed by atoms with van der Waals surface area (Å²) in [5, 5.41) is 8.99. The predicted molar refractivity (Wildman–Crippen MR) is 63.9 cm³/mol. The molecular weight excluding hydrogens is 265 g/mol. The van der Waals surface area contributed by atoms with Crippen LogP contribution in [0.4, 0.5) is 4.39 Å². The molecule has 0 aliphatic rings. The number of carbonyl (C=O) groups is 1. The lowest BCUT2D eigenvalue weighted by molar-refractivity contribution is -0.138. The van der Waals surface area contributed by atoms with Crippen LogP contribution in [0.5, 0.6) is 11.5 Å². The van der Waals surface area contributed by atoms with E-state index in [1.54, 1.807) is 0 Å². The molecule has 0 amide bonds. The van der Waals surface area contributed by atoms with Gasteiger partial charge >= 0.3 is 5.97 Å². The molecule has 1 aromatic rings. The fourth-order valence-corrected chi connectivity index (χ4v) is 1.89. The summed E-state index contributed by atoms with van der Waals surface area (Å²) >= 11 is 5.82. The van der Waals surface area contributed by atoms with E-state index in [4.69, 9.17) is 31.9 Å². The van der Waals surface area contributed by atoms with E-state index < -0.39 is 17.7 Å². The van der Waals surface area contributed by atoms with Gasteiger partial charge in [-0.05, 0) is 6.07 Å². The Balaban J connectivity index is 3.49. The Morgan fingerprint density at radius 1 is 1.50 bits per heavy atom. The second-order valence-electron chi connectivity index (χ2n) is 3.45. The van der Waals surface area contributed by atoms with E-state index in [0.29, 0.717) is 0 Å². The van der Waals surface area contributed by atoms with Gasteiger partial charge in [0, 0.05) is 12.1 Å². The molecule has 1 aromatic carbocycles. The maximum atomic E-state index is 14.0. The quantitative estimate of drug-likeness (QED) is 0.855. The smallest absolute Gasteiger partial charge is 0.312 e. The Kier molecular flexibility index (Phi) is 4.75. The minimum atomic E-state index is -1.18. The number of halogens is 2. The molecular formula is C11H13ClFNO4. The average Bonchev–Trinajstić information content (AvgIpc) is 2.30. The topological polar surface area (TPSA) is 81.8 Å². The Morgan fingerprint density at radius 3 is 2.44 bits per heavy atom. The van der Waals surface area contributed by atoms with E-state index in [-0.39, 0.29) is 28.6 Å². The zero-order valence-corrected chi connectivity index (χ0v) is 10.6. The number of ether oxygens (including phenoxy) is 2. The van der Waals surface area contributed by atoms with Crippen LogP contribution in [-0.2, 0) is 4.79 Å².